The molecule has 0 unspecified atom stereocenters. The van der Waals surface area contributed by atoms with E-state index >= 15 is 0 Å². The average molecular weight is 357 g/mol. The highest BCUT2D eigenvalue weighted by Crippen LogP contribution is 2.34. The maximum Gasteiger partial charge on any atom is 0.142 e. The van der Waals surface area contributed by atoms with E-state index in [9.17, 15) is 0 Å². The summed E-state index contributed by atoms with van der Waals surface area (Å²) in [6, 6.07) is 5.73. The van der Waals surface area contributed by atoms with Crippen LogP contribution in [0.25, 0.3) is 0 Å². The molecule has 6 heteroatoms. The van der Waals surface area contributed by atoms with Crippen LogP contribution in [0.4, 0.5) is 11.5 Å². The molecule has 1 heterocycles. The summed E-state index contributed by atoms with van der Waals surface area (Å²) in [5, 5.41) is 3.73. The number of nitrogens with zero attached hydrogens (tertiary/aromatic N) is 2. The maximum atomic E-state index is 6.16. The van der Waals surface area contributed by atoms with E-state index in [1.54, 1.807) is 7.11 Å². The fraction of sp³-hybridized carbons (Fsp3) is 0.286. The molecule has 0 spiro atoms. The number of anilines is 2. The van der Waals surface area contributed by atoms with E-state index < -0.39 is 0 Å². The smallest absolute Gasteiger partial charge is 0.142 e. The molecule has 2 aromatic rings. The molecule has 1 N–H and O–H groups in total. The van der Waals surface area contributed by atoms with Gasteiger partial charge < -0.3 is 10.1 Å². The van der Waals surface area contributed by atoms with Gasteiger partial charge in [0.05, 0.1) is 12.8 Å². The Hall–Kier alpha value is -1.33. The summed E-state index contributed by atoms with van der Waals surface area (Å²) in [5.74, 6) is 1.64. The van der Waals surface area contributed by atoms with Crippen molar-refractivity contribution in [1.29, 1.82) is 0 Å². The molecule has 0 aliphatic carbocycles. The summed E-state index contributed by atoms with van der Waals surface area (Å²) in [5.41, 5.74) is 1.70. The second kappa shape index (κ2) is 6.41. The molecule has 20 heavy (non-hydrogen) atoms. The first-order valence-electron chi connectivity index (χ1n) is 6.14. The molecule has 0 fully saturated rings. The first kappa shape index (κ1) is 15.1. The highest BCUT2D eigenvalue weighted by atomic mass is 79.9. The predicted molar refractivity (Wildman–Crippen MR) is 85.1 cm³/mol. The SMILES string of the molecule is COc1ccc(Br)cc1Nc1ncnc(Cl)c1C(C)C. The van der Waals surface area contributed by atoms with Gasteiger partial charge in [-0.15, -0.1) is 0 Å². The van der Waals surface area contributed by atoms with Crippen LogP contribution in [0.5, 0.6) is 5.75 Å². The van der Waals surface area contributed by atoms with Crippen LogP contribution in [-0.4, -0.2) is 17.1 Å². The van der Waals surface area contributed by atoms with Gasteiger partial charge in [-0.2, -0.15) is 0 Å². The molecule has 0 aliphatic heterocycles. The minimum Gasteiger partial charge on any atom is -0.495 e. The van der Waals surface area contributed by atoms with Crippen LogP contribution in [-0.2, 0) is 0 Å². The van der Waals surface area contributed by atoms with E-state index in [1.807, 2.05) is 32.0 Å². The fourth-order valence-electron chi connectivity index (χ4n) is 1.89. The minimum absolute atomic E-state index is 0.212. The van der Waals surface area contributed by atoms with Crippen molar-refractivity contribution in [3.8, 4) is 5.75 Å². The third-order valence-electron chi connectivity index (χ3n) is 2.83. The quantitative estimate of drug-likeness (QED) is 0.802. The largest absolute Gasteiger partial charge is 0.495 e. The van der Waals surface area contributed by atoms with Gasteiger partial charge in [-0.3, -0.25) is 0 Å². The van der Waals surface area contributed by atoms with E-state index in [1.165, 1.54) is 6.33 Å². The summed E-state index contributed by atoms with van der Waals surface area (Å²) in [6.45, 7) is 4.10. The van der Waals surface area contributed by atoms with Crippen LogP contribution in [0.15, 0.2) is 29.0 Å². The number of nitrogens with one attached hydrogen (secondary N) is 1. The molecule has 2 rings (SSSR count). The molecule has 4 nitrogen and oxygen atoms in total. The van der Waals surface area contributed by atoms with Gasteiger partial charge >= 0.3 is 0 Å². The monoisotopic (exact) mass is 355 g/mol. The first-order chi connectivity index (χ1) is 9.52. The van der Waals surface area contributed by atoms with Crippen molar-refractivity contribution in [2.24, 2.45) is 0 Å². The molecular formula is C14H15BrClN3O. The molecule has 1 aromatic carbocycles. The third-order valence-corrected chi connectivity index (χ3v) is 3.62. The van der Waals surface area contributed by atoms with Gasteiger partial charge in [-0.1, -0.05) is 41.4 Å². The van der Waals surface area contributed by atoms with Crippen molar-refractivity contribution in [3.63, 3.8) is 0 Å². The number of rotatable bonds is 4. The lowest BCUT2D eigenvalue weighted by atomic mass is 10.1. The Labute approximate surface area is 131 Å². The highest BCUT2D eigenvalue weighted by molar-refractivity contribution is 9.10. The molecule has 0 aliphatic rings. The predicted octanol–water partition coefficient (Wildman–Crippen LogP) is 4.77. The second-order valence-corrected chi connectivity index (χ2v) is 5.82. The van der Waals surface area contributed by atoms with Crippen LogP contribution in [0, 0.1) is 0 Å². The lowest BCUT2D eigenvalue weighted by Crippen LogP contribution is -2.04. The summed E-state index contributed by atoms with van der Waals surface area (Å²) >= 11 is 9.61. The van der Waals surface area contributed by atoms with Crippen molar-refractivity contribution in [3.05, 3.63) is 39.7 Å². The van der Waals surface area contributed by atoms with Crippen molar-refractivity contribution in [2.45, 2.75) is 19.8 Å². The van der Waals surface area contributed by atoms with E-state index in [-0.39, 0.29) is 5.92 Å². The number of ether oxygens (including phenoxy) is 1. The lowest BCUT2D eigenvalue weighted by molar-refractivity contribution is 0.416. The molecule has 106 valence electrons. The van der Waals surface area contributed by atoms with E-state index in [0.29, 0.717) is 11.0 Å². The zero-order valence-corrected chi connectivity index (χ0v) is 13.8. The number of hydrogen-bond acceptors (Lipinski definition) is 4. The number of methoxy groups -OCH3 is 1. The van der Waals surface area contributed by atoms with Gasteiger partial charge in [0.2, 0.25) is 0 Å². The molecule has 0 bridgehead atoms. The third kappa shape index (κ3) is 3.22. The lowest BCUT2D eigenvalue weighted by Gasteiger charge is -2.16. The molecule has 0 atom stereocenters. The van der Waals surface area contributed by atoms with Crippen LogP contribution in [0.3, 0.4) is 0 Å². The summed E-state index contributed by atoms with van der Waals surface area (Å²) in [6.07, 6.45) is 1.45. The van der Waals surface area contributed by atoms with Gasteiger partial charge in [-0.05, 0) is 24.1 Å². The molecule has 0 saturated heterocycles. The maximum absolute atomic E-state index is 6.16. The van der Waals surface area contributed by atoms with Crippen molar-refractivity contribution in [1.82, 2.24) is 9.97 Å². The van der Waals surface area contributed by atoms with E-state index in [4.69, 9.17) is 16.3 Å². The Kier molecular flexibility index (Phi) is 4.83. The van der Waals surface area contributed by atoms with Gasteiger partial charge in [0.15, 0.2) is 0 Å². The van der Waals surface area contributed by atoms with Crippen molar-refractivity contribution >= 4 is 39.0 Å². The fourth-order valence-corrected chi connectivity index (χ4v) is 2.60. The van der Waals surface area contributed by atoms with Crippen LogP contribution in [0.2, 0.25) is 5.15 Å². The Bertz CT molecular complexity index is 619. The topological polar surface area (TPSA) is 47.0 Å². The number of hydrogen-bond donors (Lipinski definition) is 1. The normalized spacial score (nSPS) is 10.7. The average Bonchev–Trinajstić information content (AvgIpc) is 2.38. The Morgan fingerprint density at radius 1 is 1.30 bits per heavy atom. The second-order valence-electron chi connectivity index (χ2n) is 4.55. The van der Waals surface area contributed by atoms with Crippen molar-refractivity contribution < 1.29 is 4.74 Å². The highest BCUT2D eigenvalue weighted by Gasteiger charge is 2.15. The summed E-state index contributed by atoms with van der Waals surface area (Å²) in [4.78, 5) is 8.32. The standard InChI is InChI=1S/C14H15BrClN3O/c1-8(2)12-13(16)17-7-18-14(12)19-10-6-9(15)4-5-11(10)20-3/h4-8H,1-3H3,(H,17,18,19). The van der Waals surface area contributed by atoms with Crippen LogP contribution in [0.1, 0.15) is 25.3 Å². The van der Waals surface area contributed by atoms with Crippen molar-refractivity contribution in [2.75, 3.05) is 12.4 Å². The Morgan fingerprint density at radius 2 is 2.05 bits per heavy atom. The first-order valence-corrected chi connectivity index (χ1v) is 7.31. The zero-order valence-electron chi connectivity index (χ0n) is 11.4. The van der Waals surface area contributed by atoms with E-state index in [0.717, 1.165) is 21.5 Å². The number of aromatic nitrogens is 2. The number of benzene rings is 1. The van der Waals surface area contributed by atoms with Crippen LogP contribution < -0.4 is 10.1 Å². The van der Waals surface area contributed by atoms with Gasteiger partial charge in [0, 0.05) is 10.0 Å². The molecule has 0 amide bonds. The molecule has 1 aromatic heterocycles. The van der Waals surface area contributed by atoms with Gasteiger partial charge in [0.25, 0.3) is 0 Å². The summed E-state index contributed by atoms with van der Waals surface area (Å²) in [7, 11) is 1.63. The summed E-state index contributed by atoms with van der Waals surface area (Å²) < 4.78 is 6.29. The molecular weight excluding hydrogens is 342 g/mol. The van der Waals surface area contributed by atoms with E-state index in [2.05, 4.69) is 31.2 Å². The van der Waals surface area contributed by atoms with Gasteiger partial charge in [0.1, 0.15) is 23.0 Å². The molecule has 0 saturated carbocycles. The number of halogens is 2. The van der Waals surface area contributed by atoms with Gasteiger partial charge in [-0.25, -0.2) is 9.97 Å². The molecule has 0 radical (unpaired) electrons. The Morgan fingerprint density at radius 3 is 2.70 bits per heavy atom. The Balaban J connectivity index is 2.45. The van der Waals surface area contributed by atoms with Crippen LogP contribution >= 0.6 is 27.5 Å². The zero-order chi connectivity index (χ0) is 14.7. The minimum atomic E-state index is 0.212.